The van der Waals surface area contributed by atoms with Gasteiger partial charge in [0, 0.05) is 46.1 Å². The Balaban J connectivity index is 1.51. The van der Waals surface area contributed by atoms with Crippen molar-refractivity contribution in [2.75, 3.05) is 33.4 Å². The van der Waals surface area contributed by atoms with Crippen molar-refractivity contribution in [1.29, 1.82) is 0 Å². The van der Waals surface area contributed by atoms with Crippen molar-refractivity contribution < 1.29 is 9.53 Å². The minimum absolute atomic E-state index is 0.109. The molecule has 27 heavy (non-hydrogen) atoms. The van der Waals surface area contributed by atoms with Crippen LogP contribution in [0.5, 0.6) is 0 Å². The van der Waals surface area contributed by atoms with Gasteiger partial charge >= 0.3 is 6.03 Å². The molecule has 7 heteroatoms. The number of fused-ring (bicyclic) bond motifs is 1. The maximum Gasteiger partial charge on any atom is 0.317 e. The van der Waals surface area contributed by atoms with Gasteiger partial charge < -0.3 is 19.5 Å². The first-order valence-electron chi connectivity index (χ1n) is 10.5. The van der Waals surface area contributed by atoms with Gasteiger partial charge in [-0.25, -0.2) is 4.79 Å². The number of methoxy groups -OCH3 is 1. The highest BCUT2D eigenvalue weighted by Gasteiger charge is 2.37. The zero-order valence-electron chi connectivity index (χ0n) is 17.2. The molecule has 1 aromatic rings. The van der Waals surface area contributed by atoms with Gasteiger partial charge in [0.1, 0.15) is 11.6 Å². The van der Waals surface area contributed by atoms with Crippen molar-refractivity contribution in [2.24, 2.45) is 11.3 Å². The fourth-order valence-electron chi connectivity index (χ4n) is 4.31. The number of piperidine rings is 1. The quantitative estimate of drug-likeness (QED) is 0.827. The molecule has 2 aliphatic heterocycles. The highest BCUT2D eigenvalue weighted by Crippen LogP contribution is 2.41. The number of hydrogen-bond acceptors (Lipinski definition) is 4. The van der Waals surface area contributed by atoms with E-state index in [1.807, 2.05) is 4.90 Å². The number of rotatable bonds is 6. The molecule has 2 aliphatic rings. The second kappa shape index (κ2) is 9.04. The van der Waals surface area contributed by atoms with Gasteiger partial charge in [0.05, 0.1) is 6.61 Å². The molecule has 0 aromatic carbocycles. The Bertz CT molecular complexity index is 620. The van der Waals surface area contributed by atoms with E-state index in [2.05, 4.69) is 33.9 Å². The minimum atomic E-state index is 0.109. The van der Waals surface area contributed by atoms with E-state index in [9.17, 15) is 4.79 Å². The maximum atomic E-state index is 12.4. The number of likely N-dealkylation sites (tertiary alicyclic amines) is 1. The van der Waals surface area contributed by atoms with Crippen LogP contribution in [0.4, 0.5) is 4.79 Å². The van der Waals surface area contributed by atoms with Crippen LogP contribution in [0, 0.1) is 11.3 Å². The molecule has 0 radical (unpaired) electrons. The van der Waals surface area contributed by atoms with Crippen molar-refractivity contribution in [3.63, 3.8) is 0 Å². The normalized spacial score (nSPS) is 19.2. The fourth-order valence-corrected chi connectivity index (χ4v) is 4.31. The Morgan fingerprint density at radius 2 is 1.93 bits per heavy atom. The van der Waals surface area contributed by atoms with Crippen LogP contribution in [0.2, 0.25) is 0 Å². The molecular weight excluding hydrogens is 342 g/mol. The number of carbonyl (C=O) groups excluding carboxylic acids is 1. The third kappa shape index (κ3) is 5.00. The van der Waals surface area contributed by atoms with Crippen molar-refractivity contribution in [3.8, 4) is 0 Å². The summed E-state index contributed by atoms with van der Waals surface area (Å²) in [5, 5.41) is 11.9. The van der Waals surface area contributed by atoms with Crippen LogP contribution >= 0.6 is 0 Å². The number of hydrogen-bond donors (Lipinski definition) is 1. The number of aromatic nitrogens is 3. The number of nitrogens with zero attached hydrogens (tertiary/aromatic N) is 4. The lowest BCUT2D eigenvalue weighted by molar-refractivity contribution is 0.100. The molecule has 1 fully saturated rings. The number of ether oxygens (including phenoxy) is 1. The highest BCUT2D eigenvalue weighted by atomic mass is 16.5. The molecule has 0 atom stereocenters. The summed E-state index contributed by atoms with van der Waals surface area (Å²) in [7, 11) is 1.72. The third-order valence-corrected chi connectivity index (χ3v) is 6.29. The molecule has 7 nitrogen and oxygen atoms in total. The van der Waals surface area contributed by atoms with E-state index in [-0.39, 0.29) is 6.03 Å². The molecule has 0 bridgehead atoms. The summed E-state index contributed by atoms with van der Waals surface area (Å²) in [6, 6.07) is 0.109. The molecule has 1 spiro atoms. The third-order valence-electron chi connectivity index (χ3n) is 6.29. The number of urea groups is 1. The predicted octanol–water partition coefficient (Wildman–Crippen LogP) is 2.64. The van der Waals surface area contributed by atoms with Crippen molar-refractivity contribution in [3.05, 3.63) is 11.6 Å². The second-order valence-corrected chi connectivity index (χ2v) is 8.58. The number of amides is 2. The lowest BCUT2D eigenvalue weighted by Gasteiger charge is -2.41. The van der Waals surface area contributed by atoms with Crippen LogP contribution in [0.15, 0.2) is 0 Å². The molecule has 152 valence electrons. The topological polar surface area (TPSA) is 72.3 Å². The zero-order valence-corrected chi connectivity index (χ0v) is 17.2. The Hall–Kier alpha value is -1.63. The van der Waals surface area contributed by atoms with Gasteiger partial charge in [-0.15, -0.1) is 10.2 Å². The smallest absolute Gasteiger partial charge is 0.317 e. The molecule has 1 aromatic heterocycles. The summed E-state index contributed by atoms with van der Waals surface area (Å²) in [6.45, 7) is 8.55. The predicted molar refractivity (Wildman–Crippen MR) is 105 cm³/mol. The standard InChI is InChI=1S/C20H35N5O2/c1-16(2)5-11-21-19(26)24-12-8-20(9-13-24)7-4-17-22-23-18(6-15-27-3)25(17)14-10-20/h16H,4-15H2,1-3H3,(H,21,26). The molecule has 3 rings (SSSR count). The zero-order chi connectivity index (χ0) is 19.3. The van der Waals surface area contributed by atoms with E-state index in [0.717, 1.165) is 82.8 Å². The summed E-state index contributed by atoms with van der Waals surface area (Å²) in [5.74, 6) is 2.79. The van der Waals surface area contributed by atoms with Crippen LogP contribution in [0.3, 0.4) is 0 Å². The molecule has 1 N–H and O–H groups in total. The summed E-state index contributed by atoms with van der Waals surface area (Å²) >= 11 is 0. The van der Waals surface area contributed by atoms with Crippen molar-refractivity contribution >= 4 is 6.03 Å². The fraction of sp³-hybridized carbons (Fsp3) is 0.850. The van der Waals surface area contributed by atoms with E-state index in [4.69, 9.17) is 4.74 Å². The summed E-state index contributed by atoms with van der Waals surface area (Å²) in [5.41, 5.74) is 0.341. The van der Waals surface area contributed by atoms with Gasteiger partial charge in [-0.1, -0.05) is 13.8 Å². The summed E-state index contributed by atoms with van der Waals surface area (Å²) in [4.78, 5) is 14.4. The van der Waals surface area contributed by atoms with E-state index < -0.39 is 0 Å². The van der Waals surface area contributed by atoms with Crippen LogP contribution in [-0.4, -0.2) is 59.0 Å². The SMILES string of the molecule is COCCc1nnc2n1CCC1(CC2)CCN(C(=O)NCCC(C)C)CC1. The van der Waals surface area contributed by atoms with Gasteiger partial charge in [-0.3, -0.25) is 0 Å². The number of carbonyl (C=O) groups is 1. The van der Waals surface area contributed by atoms with Crippen LogP contribution in [-0.2, 0) is 24.1 Å². The Morgan fingerprint density at radius 1 is 1.19 bits per heavy atom. The van der Waals surface area contributed by atoms with Crippen LogP contribution in [0.1, 0.15) is 57.6 Å². The summed E-state index contributed by atoms with van der Waals surface area (Å²) in [6.07, 6.45) is 7.33. The first-order valence-corrected chi connectivity index (χ1v) is 10.5. The van der Waals surface area contributed by atoms with Crippen molar-refractivity contribution in [1.82, 2.24) is 25.0 Å². The van der Waals surface area contributed by atoms with Gasteiger partial charge in [-0.2, -0.15) is 0 Å². The molecule has 0 unspecified atom stereocenters. The van der Waals surface area contributed by atoms with E-state index in [0.29, 0.717) is 17.9 Å². The van der Waals surface area contributed by atoms with Crippen LogP contribution in [0.25, 0.3) is 0 Å². The number of nitrogens with one attached hydrogen (secondary N) is 1. The molecule has 0 saturated carbocycles. The van der Waals surface area contributed by atoms with E-state index >= 15 is 0 Å². The molecule has 3 heterocycles. The summed E-state index contributed by atoms with van der Waals surface area (Å²) < 4.78 is 7.50. The maximum absolute atomic E-state index is 12.4. The molecule has 2 amide bonds. The molecular formula is C20H35N5O2. The molecule has 0 aliphatic carbocycles. The molecule has 1 saturated heterocycles. The average Bonchev–Trinajstić information content (AvgIpc) is 2.96. The average molecular weight is 378 g/mol. The largest absolute Gasteiger partial charge is 0.384 e. The second-order valence-electron chi connectivity index (χ2n) is 8.58. The minimum Gasteiger partial charge on any atom is -0.384 e. The monoisotopic (exact) mass is 377 g/mol. The highest BCUT2D eigenvalue weighted by molar-refractivity contribution is 5.74. The lowest BCUT2D eigenvalue weighted by Crippen LogP contribution is -2.47. The van der Waals surface area contributed by atoms with E-state index in [1.165, 1.54) is 0 Å². The first-order chi connectivity index (χ1) is 13.0. The van der Waals surface area contributed by atoms with Crippen molar-refractivity contribution in [2.45, 2.75) is 65.3 Å². The first kappa shape index (κ1) is 20.1. The van der Waals surface area contributed by atoms with Gasteiger partial charge in [0.25, 0.3) is 0 Å². The number of aryl methyl sites for hydroxylation is 1. The van der Waals surface area contributed by atoms with E-state index in [1.54, 1.807) is 7.11 Å². The van der Waals surface area contributed by atoms with Gasteiger partial charge in [-0.05, 0) is 43.4 Å². The Morgan fingerprint density at radius 3 is 2.63 bits per heavy atom. The van der Waals surface area contributed by atoms with Crippen LogP contribution < -0.4 is 5.32 Å². The Labute approximate surface area is 162 Å². The lowest BCUT2D eigenvalue weighted by atomic mass is 9.73. The van der Waals surface area contributed by atoms with Gasteiger partial charge in [0.15, 0.2) is 0 Å². The van der Waals surface area contributed by atoms with Gasteiger partial charge in [0.2, 0.25) is 0 Å². The Kier molecular flexibility index (Phi) is 6.73.